The van der Waals surface area contributed by atoms with Crippen LogP contribution in [0.25, 0.3) is 0 Å². The minimum atomic E-state index is -0.806. The first kappa shape index (κ1) is 17.3. The number of carbonyl (C=O) groups excluding carboxylic acids is 1. The van der Waals surface area contributed by atoms with E-state index in [9.17, 15) is 13.6 Å². The lowest BCUT2D eigenvalue weighted by Crippen LogP contribution is -2.36. The van der Waals surface area contributed by atoms with E-state index < -0.39 is 17.5 Å². The molecule has 0 saturated carbocycles. The number of ether oxygens (including phenoxy) is 2. The number of amides is 1. The van der Waals surface area contributed by atoms with Gasteiger partial charge in [-0.25, -0.2) is 8.78 Å². The number of nitrogens with zero attached hydrogens (tertiary/aromatic N) is 1. The van der Waals surface area contributed by atoms with E-state index in [-0.39, 0.29) is 11.3 Å². The summed E-state index contributed by atoms with van der Waals surface area (Å²) in [6, 6.07) is 2.04. The third-order valence-electron chi connectivity index (χ3n) is 2.96. The normalized spacial score (nSPS) is 10.5. The Hall–Kier alpha value is -1.73. The number of methoxy groups -OCH3 is 2. The zero-order chi connectivity index (χ0) is 15.8. The van der Waals surface area contributed by atoms with Crippen LogP contribution in [0.5, 0.6) is 0 Å². The van der Waals surface area contributed by atoms with Crippen molar-refractivity contribution in [2.24, 2.45) is 0 Å². The van der Waals surface area contributed by atoms with Gasteiger partial charge in [-0.1, -0.05) is 0 Å². The van der Waals surface area contributed by atoms with Gasteiger partial charge in [-0.05, 0) is 12.1 Å². The molecular formula is C14H20F2N2O3. The summed E-state index contributed by atoms with van der Waals surface area (Å²) in [6.45, 7) is 1.29. The zero-order valence-corrected chi connectivity index (χ0v) is 12.4. The SMILES string of the molecule is CNc1c(F)cc(C(=O)N(CCOC)CCOC)cc1F. The highest BCUT2D eigenvalue weighted by molar-refractivity contribution is 5.94. The van der Waals surface area contributed by atoms with Gasteiger partial charge in [-0.2, -0.15) is 0 Å². The molecule has 0 aliphatic heterocycles. The van der Waals surface area contributed by atoms with Gasteiger partial charge < -0.3 is 19.7 Å². The van der Waals surface area contributed by atoms with Gasteiger partial charge in [0.2, 0.25) is 0 Å². The van der Waals surface area contributed by atoms with Crippen LogP contribution in [0.15, 0.2) is 12.1 Å². The Morgan fingerprint density at radius 3 is 2.00 bits per heavy atom. The molecule has 21 heavy (non-hydrogen) atoms. The Morgan fingerprint density at radius 2 is 1.62 bits per heavy atom. The highest BCUT2D eigenvalue weighted by Crippen LogP contribution is 2.21. The van der Waals surface area contributed by atoms with Crippen LogP contribution in [0.1, 0.15) is 10.4 Å². The monoisotopic (exact) mass is 302 g/mol. The molecular weight excluding hydrogens is 282 g/mol. The quantitative estimate of drug-likeness (QED) is 0.795. The van der Waals surface area contributed by atoms with Gasteiger partial charge in [0, 0.05) is 39.9 Å². The van der Waals surface area contributed by atoms with Crippen LogP contribution >= 0.6 is 0 Å². The highest BCUT2D eigenvalue weighted by atomic mass is 19.1. The summed E-state index contributed by atoms with van der Waals surface area (Å²) in [5.74, 6) is -2.08. The van der Waals surface area contributed by atoms with Crippen LogP contribution in [0.2, 0.25) is 0 Å². The average molecular weight is 302 g/mol. The van der Waals surface area contributed by atoms with Crippen LogP contribution < -0.4 is 5.32 Å². The molecule has 0 aromatic heterocycles. The molecule has 1 rings (SSSR count). The summed E-state index contributed by atoms with van der Waals surface area (Å²) in [7, 11) is 4.44. The summed E-state index contributed by atoms with van der Waals surface area (Å²) in [6.07, 6.45) is 0. The molecule has 1 amide bonds. The van der Waals surface area contributed by atoms with Gasteiger partial charge in [0.05, 0.1) is 13.2 Å². The third kappa shape index (κ3) is 4.64. The number of hydrogen-bond acceptors (Lipinski definition) is 4. The van der Waals surface area contributed by atoms with Gasteiger partial charge in [-0.15, -0.1) is 0 Å². The van der Waals surface area contributed by atoms with Gasteiger partial charge in [-0.3, -0.25) is 4.79 Å². The smallest absolute Gasteiger partial charge is 0.254 e. The van der Waals surface area contributed by atoms with E-state index >= 15 is 0 Å². The van der Waals surface area contributed by atoms with E-state index in [0.717, 1.165) is 12.1 Å². The molecule has 1 aromatic carbocycles. The van der Waals surface area contributed by atoms with Crippen molar-refractivity contribution in [3.8, 4) is 0 Å². The van der Waals surface area contributed by atoms with Crippen LogP contribution in [-0.2, 0) is 9.47 Å². The van der Waals surface area contributed by atoms with Crippen molar-refractivity contribution < 1.29 is 23.0 Å². The lowest BCUT2D eigenvalue weighted by atomic mass is 10.1. The van der Waals surface area contributed by atoms with Crippen molar-refractivity contribution in [3.05, 3.63) is 29.3 Å². The molecule has 0 aliphatic carbocycles. The van der Waals surface area contributed by atoms with Gasteiger partial charge in [0.15, 0.2) is 0 Å². The van der Waals surface area contributed by atoms with Gasteiger partial charge in [0.1, 0.15) is 17.3 Å². The van der Waals surface area contributed by atoms with Crippen molar-refractivity contribution in [3.63, 3.8) is 0 Å². The first-order valence-corrected chi connectivity index (χ1v) is 6.49. The minimum absolute atomic E-state index is 0.0452. The fraction of sp³-hybridized carbons (Fsp3) is 0.500. The van der Waals surface area contributed by atoms with Gasteiger partial charge in [0.25, 0.3) is 5.91 Å². The Labute approximate surface area is 122 Å². The standard InChI is InChI=1S/C14H20F2N2O3/c1-17-13-11(15)8-10(9-12(13)16)14(19)18(4-6-20-2)5-7-21-3/h8-9,17H,4-7H2,1-3H3. The molecule has 0 atom stereocenters. The summed E-state index contributed by atoms with van der Waals surface area (Å²) in [5, 5.41) is 2.41. The molecule has 0 spiro atoms. The van der Waals surface area contributed by atoms with Crippen molar-refractivity contribution in [1.29, 1.82) is 0 Å². The Kier molecular flexibility index (Phi) is 7.04. The molecule has 7 heteroatoms. The van der Waals surface area contributed by atoms with E-state index in [2.05, 4.69) is 5.32 Å². The molecule has 0 saturated heterocycles. The molecule has 0 unspecified atom stereocenters. The van der Waals surface area contributed by atoms with Crippen molar-refractivity contribution in [2.45, 2.75) is 0 Å². The van der Waals surface area contributed by atoms with Crippen molar-refractivity contribution in [2.75, 3.05) is 52.9 Å². The maximum atomic E-state index is 13.7. The predicted octanol–water partition coefficient (Wildman–Crippen LogP) is 1.74. The van der Waals surface area contributed by atoms with Crippen LogP contribution in [0, 0.1) is 11.6 Å². The van der Waals surface area contributed by atoms with Gasteiger partial charge >= 0.3 is 0 Å². The molecule has 0 heterocycles. The maximum absolute atomic E-state index is 13.7. The first-order valence-electron chi connectivity index (χ1n) is 6.49. The van der Waals surface area contributed by atoms with Crippen molar-refractivity contribution in [1.82, 2.24) is 4.90 Å². The minimum Gasteiger partial charge on any atom is -0.383 e. The number of hydrogen-bond donors (Lipinski definition) is 1. The van der Waals surface area contributed by atoms with E-state index in [0.29, 0.717) is 26.3 Å². The van der Waals surface area contributed by atoms with Crippen LogP contribution in [0.3, 0.4) is 0 Å². The predicted molar refractivity (Wildman–Crippen MR) is 75.6 cm³/mol. The second-order valence-corrected chi connectivity index (χ2v) is 4.34. The number of nitrogens with one attached hydrogen (secondary N) is 1. The fourth-order valence-corrected chi connectivity index (χ4v) is 1.84. The lowest BCUT2D eigenvalue weighted by Gasteiger charge is -2.22. The van der Waals surface area contributed by atoms with Crippen LogP contribution in [-0.4, -0.2) is 58.4 Å². The molecule has 0 bridgehead atoms. The average Bonchev–Trinajstić information content (AvgIpc) is 2.46. The fourth-order valence-electron chi connectivity index (χ4n) is 1.84. The Balaban J connectivity index is 2.96. The number of rotatable bonds is 8. The zero-order valence-electron chi connectivity index (χ0n) is 12.4. The number of halogens is 2. The van der Waals surface area contributed by atoms with E-state index in [1.807, 2.05) is 0 Å². The van der Waals surface area contributed by atoms with E-state index in [1.165, 1.54) is 26.2 Å². The Bertz CT molecular complexity index is 452. The first-order chi connectivity index (χ1) is 10.0. The third-order valence-corrected chi connectivity index (χ3v) is 2.96. The molecule has 1 aromatic rings. The second kappa shape index (κ2) is 8.53. The summed E-state index contributed by atoms with van der Waals surface area (Å²) in [4.78, 5) is 13.8. The number of anilines is 1. The molecule has 1 N–H and O–H groups in total. The highest BCUT2D eigenvalue weighted by Gasteiger charge is 2.19. The van der Waals surface area contributed by atoms with Crippen LogP contribution in [0.4, 0.5) is 14.5 Å². The second-order valence-electron chi connectivity index (χ2n) is 4.34. The molecule has 5 nitrogen and oxygen atoms in total. The molecule has 0 aliphatic rings. The Morgan fingerprint density at radius 1 is 1.14 bits per heavy atom. The summed E-state index contributed by atoms with van der Waals surface area (Å²) >= 11 is 0. The van der Waals surface area contributed by atoms with Crippen molar-refractivity contribution >= 4 is 11.6 Å². The van der Waals surface area contributed by atoms with E-state index in [4.69, 9.17) is 9.47 Å². The largest absolute Gasteiger partial charge is 0.383 e. The molecule has 0 radical (unpaired) electrons. The topological polar surface area (TPSA) is 50.8 Å². The number of benzene rings is 1. The maximum Gasteiger partial charge on any atom is 0.254 e. The summed E-state index contributed by atoms with van der Waals surface area (Å²) in [5.41, 5.74) is -0.303. The van der Waals surface area contributed by atoms with E-state index in [1.54, 1.807) is 0 Å². The lowest BCUT2D eigenvalue weighted by molar-refractivity contribution is 0.0626. The number of carbonyl (C=O) groups is 1. The molecule has 0 fully saturated rings. The summed E-state index contributed by atoms with van der Waals surface area (Å²) < 4.78 is 37.3. The molecule has 118 valence electrons.